The van der Waals surface area contributed by atoms with E-state index in [-0.39, 0.29) is 5.82 Å². The molecular formula is C15H22FN. The molecule has 1 aliphatic rings. The van der Waals surface area contributed by atoms with Gasteiger partial charge >= 0.3 is 0 Å². The summed E-state index contributed by atoms with van der Waals surface area (Å²) in [4.78, 5) is 0. The second-order valence-corrected chi connectivity index (χ2v) is 5.50. The molecule has 2 atom stereocenters. The molecule has 1 N–H and O–H groups in total. The molecule has 2 heteroatoms. The van der Waals surface area contributed by atoms with Crippen molar-refractivity contribution in [2.75, 3.05) is 6.54 Å². The van der Waals surface area contributed by atoms with Gasteiger partial charge in [-0.1, -0.05) is 25.5 Å². The van der Waals surface area contributed by atoms with E-state index in [1.165, 1.54) is 24.8 Å². The Labute approximate surface area is 103 Å². The van der Waals surface area contributed by atoms with Crippen molar-refractivity contribution in [3.63, 3.8) is 0 Å². The fourth-order valence-corrected chi connectivity index (χ4v) is 2.75. The highest BCUT2D eigenvalue weighted by atomic mass is 19.1. The molecule has 0 aliphatic heterocycles. The lowest BCUT2D eigenvalue weighted by atomic mass is 10.1. The maximum absolute atomic E-state index is 13.1. The lowest BCUT2D eigenvalue weighted by Crippen LogP contribution is -2.21. The summed E-state index contributed by atoms with van der Waals surface area (Å²) in [6.07, 6.45) is 4.09. The zero-order valence-corrected chi connectivity index (χ0v) is 10.8. The number of aryl methyl sites for hydroxylation is 1. The predicted molar refractivity (Wildman–Crippen MR) is 69.3 cm³/mol. The molecule has 0 aromatic heterocycles. The summed E-state index contributed by atoms with van der Waals surface area (Å²) in [6.45, 7) is 6.10. The molecule has 2 rings (SSSR count). The van der Waals surface area contributed by atoms with Gasteiger partial charge in [0.2, 0.25) is 0 Å². The van der Waals surface area contributed by atoms with Gasteiger partial charge < -0.3 is 5.32 Å². The molecule has 17 heavy (non-hydrogen) atoms. The van der Waals surface area contributed by atoms with Crippen LogP contribution in [0.15, 0.2) is 18.2 Å². The monoisotopic (exact) mass is 235 g/mol. The molecule has 1 aliphatic carbocycles. The van der Waals surface area contributed by atoms with Crippen molar-refractivity contribution in [2.24, 2.45) is 11.8 Å². The third kappa shape index (κ3) is 3.53. The molecular weight excluding hydrogens is 213 g/mol. The fraction of sp³-hybridized carbons (Fsp3) is 0.600. The van der Waals surface area contributed by atoms with Gasteiger partial charge in [-0.2, -0.15) is 0 Å². The molecule has 0 amide bonds. The zero-order chi connectivity index (χ0) is 12.3. The van der Waals surface area contributed by atoms with Crippen LogP contribution in [0.25, 0.3) is 0 Å². The number of rotatable bonds is 4. The minimum atomic E-state index is -0.113. The molecule has 0 bridgehead atoms. The van der Waals surface area contributed by atoms with Crippen molar-refractivity contribution in [3.8, 4) is 0 Å². The molecule has 1 aromatic carbocycles. The summed E-state index contributed by atoms with van der Waals surface area (Å²) in [6, 6.07) is 5.36. The topological polar surface area (TPSA) is 12.0 Å². The first-order valence-corrected chi connectivity index (χ1v) is 6.61. The van der Waals surface area contributed by atoms with Crippen LogP contribution in [-0.2, 0) is 6.54 Å². The van der Waals surface area contributed by atoms with E-state index in [1.807, 2.05) is 19.1 Å². The Bertz CT molecular complexity index is 375. The summed E-state index contributed by atoms with van der Waals surface area (Å²) in [7, 11) is 0. The fourth-order valence-electron chi connectivity index (χ4n) is 2.75. The Morgan fingerprint density at radius 1 is 1.35 bits per heavy atom. The highest BCUT2D eigenvalue weighted by Crippen LogP contribution is 2.29. The maximum Gasteiger partial charge on any atom is 0.126 e. The van der Waals surface area contributed by atoms with Gasteiger partial charge in [-0.15, -0.1) is 0 Å². The quantitative estimate of drug-likeness (QED) is 0.839. The van der Waals surface area contributed by atoms with E-state index in [9.17, 15) is 4.39 Å². The van der Waals surface area contributed by atoms with Crippen molar-refractivity contribution in [3.05, 3.63) is 35.1 Å². The number of halogens is 1. The van der Waals surface area contributed by atoms with E-state index in [0.717, 1.165) is 30.5 Å². The minimum Gasteiger partial charge on any atom is -0.312 e. The average molecular weight is 235 g/mol. The molecule has 1 nitrogen and oxygen atoms in total. The standard InChI is InChI=1S/C15H22FN/c1-11-3-4-13(7-11)9-17-10-14-5-6-15(16)12(2)8-14/h5-6,8,11,13,17H,3-4,7,9-10H2,1-2H3. The first-order valence-electron chi connectivity index (χ1n) is 6.61. The van der Waals surface area contributed by atoms with E-state index in [2.05, 4.69) is 12.2 Å². The van der Waals surface area contributed by atoms with Gasteiger partial charge in [-0.3, -0.25) is 0 Å². The van der Waals surface area contributed by atoms with Crippen molar-refractivity contribution in [2.45, 2.75) is 39.7 Å². The van der Waals surface area contributed by atoms with Crippen LogP contribution in [0.5, 0.6) is 0 Å². The van der Waals surface area contributed by atoms with Crippen LogP contribution in [0.1, 0.15) is 37.3 Å². The highest BCUT2D eigenvalue weighted by Gasteiger charge is 2.20. The number of hydrogen-bond donors (Lipinski definition) is 1. The van der Waals surface area contributed by atoms with E-state index >= 15 is 0 Å². The Kier molecular flexibility index (Phi) is 4.16. The van der Waals surface area contributed by atoms with Crippen molar-refractivity contribution < 1.29 is 4.39 Å². The van der Waals surface area contributed by atoms with Gasteiger partial charge in [0.05, 0.1) is 0 Å². The molecule has 0 saturated heterocycles. The third-order valence-electron chi connectivity index (χ3n) is 3.79. The first kappa shape index (κ1) is 12.6. The number of benzene rings is 1. The van der Waals surface area contributed by atoms with Crippen molar-refractivity contribution in [1.29, 1.82) is 0 Å². The average Bonchev–Trinajstić information content (AvgIpc) is 2.70. The van der Waals surface area contributed by atoms with Gasteiger partial charge in [0.1, 0.15) is 5.82 Å². The summed E-state index contributed by atoms with van der Waals surface area (Å²) < 4.78 is 13.1. The molecule has 1 saturated carbocycles. The normalized spacial score (nSPS) is 24.2. The van der Waals surface area contributed by atoms with E-state index in [4.69, 9.17) is 0 Å². The number of hydrogen-bond acceptors (Lipinski definition) is 1. The lowest BCUT2D eigenvalue weighted by molar-refractivity contribution is 0.470. The van der Waals surface area contributed by atoms with Crippen LogP contribution in [0.2, 0.25) is 0 Å². The van der Waals surface area contributed by atoms with Gasteiger partial charge in [-0.05, 0) is 55.3 Å². The Hall–Kier alpha value is -0.890. The van der Waals surface area contributed by atoms with Crippen LogP contribution in [0.3, 0.4) is 0 Å². The first-order chi connectivity index (χ1) is 8.15. The van der Waals surface area contributed by atoms with Crippen LogP contribution in [-0.4, -0.2) is 6.54 Å². The Morgan fingerprint density at radius 3 is 2.82 bits per heavy atom. The number of nitrogens with one attached hydrogen (secondary N) is 1. The molecule has 1 fully saturated rings. The second-order valence-electron chi connectivity index (χ2n) is 5.50. The largest absolute Gasteiger partial charge is 0.312 e. The third-order valence-corrected chi connectivity index (χ3v) is 3.79. The SMILES string of the molecule is Cc1cc(CNCC2CCC(C)C2)ccc1F. The Balaban J connectivity index is 1.76. The second kappa shape index (κ2) is 5.63. The molecule has 94 valence electrons. The molecule has 0 heterocycles. The van der Waals surface area contributed by atoms with Gasteiger partial charge in [0, 0.05) is 6.54 Å². The van der Waals surface area contributed by atoms with Gasteiger partial charge in [0.15, 0.2) is 0 Å². The van der Waals surface area contributed by atoms with Crippen LogP contribution >= 0.6 is 0 Å². The van der Waals surface area contributed by atoms with E-state index in [0.29, 0.717) is 0 Å². The van der Waals surface area contributed by atoms with Crippen molar-refractivity contribution in [1.82, 2.24) is 5.32 Å². The lowest BCUT2D eigenvalue weighted by Gasteiger charge is -2.11. The summed E-state index contributed by atoms with van der Waals surface area (Å²) in [5, 5.41) is 3.49. The summed E-state index contributed by atoms with van der Waals surface area (Å²) in [5.74, 6) is 1.62. The summed E-state index contributed by atoms with van der Waals surface area (Å²) in [5.41, 5.74) is 1.91. The highest BCUT2D eigenvalue weighted by molar-refractivity contribution is 5.23. The molecule has 0 radical (unpaired) electrons. The predicted octanol–water partition coefficient (Wildman–Crippen LogP) is 3.66. The molecule has 1 aromatic rings. The van der Waals surface area contributed by atoms with Crippen LogP contribution in [0, 0.1) is 24.6 Å². The zero-order valence-electron chi connectivity index (χ0n) is 10.8. The summed E-state index contributed by atoms with van der Waals surface area (Å²) >= 11 is 0. The maximum atomic E-state index is 13.1. The van der Waals surface area contributed by atoms with Crippen molar-refractivity contribution >= 4 is 0 Å². The Morgan fingerprint density at radius 2 is 2.18 bits per heavy atom. The minimum absolute atomic E-state index is 0.113. The van der Waals surface area contributed by atoms with Crippen LogP contribution in [0.4, 0.5) is 4.39 Å². The van der Waals surface area contributed by atoms with Crippen LogP contribution < -0.4 is 5.32 Å². The van der Waals surface area contributed by atoms with E-state index in [1.54, 1.807) is 6.07 Å². The van der Waals surface area contributed by atoms with Gasteiger partial charge in [-0.25, -0.2) is 4.39 Å². The van der Waals surface area contributed by atoms with E-state index < -0.39 is 0 Å². The van der Waals surface area contributed by atoms with Gasteiger partial charge in [0.25, 0.3) is 0 Å². The molecule has 2 unspecified atom stereocenters. The molecule has 0 spiro atoms. The smallest absolute Gasteiger partial charge is 0.126 e.